The first-order valence-corrected chi connectivity index (χ1v) is 20.4. The van der Waals surface area contributed by atoms with Crippen molar-refractivity contribution in [2.24, 2.45) is 23.7 Å². The Balaban J connectivity index is 1.51. The van der Waals surface area contributed by atoms with E-state index in [1.165, 1.54) is 6.92 Å². The molecule has 0 aliphatic heterocycles. The maximum Gasteiger partial charge on any atom is 0.407 e. The third-order valence-electron chi connectivity index (χ3n) is 10.5. The Labute approximate surface area is 351 Å². The summed E-state index contributed by atoms with van der Waals surface area (Å²) >= 11 is 0. The molecule has 328 valence electrons. The van der Waals surface area contributed by atoms with Crippen molar-refractivity contribution in [3.63, 3.8) is 0 Å². The molecular weight excluding hydrogens is 775 g/mol. The Morgan fingerprint density at radius 1 is 0.567 bits per heavy atom. The van der Waals surface area contributed by atoms with Gasteiger partial charge in [0.15, 0.2) is 0 Å². The highest BCUT2D eigenvalue weighted by Gasteiger charge is 2.35. The second-order valence-corrected chi connectivity index (χ2v) is 16.1. The van der Waals surface area contributed by atoms with Gasteiger partial charge in [0.1, 0.15) is 36.8 Å². The number of ether oxygens (including phenoxy) is 1. The van der Waals surface area contributed by atoms with Gasteiger partial charge >= 0.3 is 12.1 Å². The molecule has 0 saturated heterocycles. The number of hydrogen-bond donors (Lipinski definition) is 8. The maximum atomic E-state index is 13.5. The van der Waals surface area contributed by atoms with Crippen molar-refractivity contribution in [2.45, 2.75) is 105 Å². The van der Waals surface area contributed by atoms with Gasteiger partial charge in [-0.25, -0.2) is 4.79 Å². The number of hydrogen-bond acceptors (Lipinski definition) is 9. The molecule has 0 saturated carbocycles. The molecule has 17 heteroatoms. The van der Waals surface area contributed by atoms with Crippen LogP contribution >= 0.6 is 0 Å². The fraction of sp³-hybridized carbons (Fsp3) is 0.535. The summed E-state index contributed by atoms with van der Waals surface area (Å²) in [5.41, 5.74) is 4.23. The van der Waals surface area contributed by atoms with Crippen LogP contribution in [-0.4, -0.2) is 103 Å². The highest BCUT2D eigenvalue weighted by atomic mass is 16.5. The minimum Gasteiger partial charge on any atom is -0.480 e. The van der Waals surface area contributed by atoms with E-state index in [1.54, 1.807) is 48.5 Å². The van der Waals surface area contributed by atoms with E-state index in [4.69, 9.17) is 4.74 Å². The predicted octanol–water partition coefficient (Wildman–Crippen LogP) is 2.18. The zero-order chi connectivity index (χ0) is 44.8. The maximum absolute atomic E-state index is 13.5. The second-order valence-electron chi connectivity index (χ2n) is 16.1. The first kappa shape index (κ1) is 48.4. The molecule has 8 N–H and O–H groups in total. The lowest BCUT2D eigenvalue weighted by atomic mass is 9.95. The van der Waals surface area contributed by atoms with Gasteiger partial charge in [-0.1, -0.05) is 110 Å². The van der Waals surface area contributed by atoms with Crippen LogP contribution < -0.4 is 37.2 Å². The summed E-state index contributed by atoms with van der Waals surface area (Å²) < 4.78 is 5.59. The third kappa shape index (κ3) is 13.3. The Kier molecular flexibility index (Phi) is 18.1. The van der Waals surface area contributed by atoms with Crippen LogP contribution in [0.2, 0.25) is 0 Å². The Morgan fingerprint density at radius 2 is 1.02 bits per heavy atom. The minimum absolute atomic E-state index is 0.0552. The summed E-state index contributed by atoms with van der Waals surface area (Å²) in [4.78, 5) is 103. The van der Waals surface area contributed by atoms with E-state index in [1.807, 2.05) is 55.5 Å². The van der Waals surface area contributed by atoms with Crippen molar-refractivity contribution >= 4 is 47.5 Å². The Bertz CT molecular complexity index is 1840. The van der Waals surface area contributed by atoms with E-state index in [-0.39, 0.29) is 24.4 Å². The van der Waals surface area contributed by atoms with Gasteiger partial charge in [-0.15, -0.1) is 0 Å². The molecule has 7 amide bonds. The van der Waals surface area contributed by atoms with E-state index < -0.39 is 103 Å². The number of carbonyl (C=O) groups excluding carboxylic acids is 7. The summed E-state index contributed by atoms with van der Waals surface area (Å²) in [6.45, 7) is 14.0. The molecule has 2 aromatic rings. The van der Waals surface area contributed by atoms with Crippen LogP contribution in [0.25, 0.3) is 11.1 Å². The van der Waals surface area contributed by atoms with E-state index >= 15 is 0 Å². The summed E-state index contributed by atoms with van der Waals surface area (Å²) in [5, 5.41) is 26.9. The Morgan fingerprint density at radius 3 is 1.52 bits per heavy atom. The predicted molar refractivity (Wildman–Crippen MR) is 223 cm³/mol. The average Bonchev–Trinajstić information content (AvgIpc) is 3.52. The van der Waals surface area contributed by atoms with Crippen LogP contribution in [-0.2, 0) is 38.3 Å². The van der Waals surface area contributed by atoms with E-state index in [2.05, 4.69) is 37.2 Å². The molecule has 17 nitrogen and oxygen atoms in total. The normalized spacial score (nSPS) is 14.9. The number of benzene rings is 2. The van der Waals surface area contributed by atoms with Gasteiger partial charge in [0, 0.05) is 5.92 Å². The number of nitrogens with one attached hydrogen (secondary N) is 7. The molecule has 2 aromatic carbocycles. The number of carboxylic acid groups (broad SMARTS) is 1. The van der Waals surface area contributed by atoms with Crippen molar-refractivity contribution in [3.05, 3.63) is 59.7 Å². The summed E-state index contributed by atoms with van der Waals surface area (Å²) in [6, 6.07) is 10.3. The zero-order valence-corrected chi connectivity index (χ0v) is 35.8. The van der Waals surface area contributed by atoms with Gasteiger partial charge in [0.05, 0.1) is 13.1 Å². The van der Waals surface area contributed by atoms with Crippen molar-refractivity contribution < 1.29 is 48.2 Å². The molecule has 0 unspecified atom stereocenters. The number of alkyl carbamates (subject to hydrolysis) is 1. The quantitative estimate of drug-likeness (QED) is 0.0911. The Hall–Kier alpha value is -6.00. The number of carbonyl (C=O) groups is 8. The first-order valence-electron chi connectivity index (χ1n) is 20.4. The number of aliphatic carboxylic acids is 1. The van der Waals surface area contributed by atoms with Gasteiger partial charge < -0.3 is 47.1 Å². The van der Waals surface area contributed by atoms with Crippen molar-refractivity contribution in [2.75, 3.05) is 19.7 Å². The molecule has 1 aliphatic carbocycles. The van der Waals surface area contributed by atoms with Crippen LogP contribution in [0.5, 0.6) is 0 Å². The van der Waals surface area contributed by atoms with Crippen molar-refractivity contribution in [3.8, 4) is 11.1 Å². The monoisotopic (exact) mass is 835 g/mol. The lowest BCUT2D eigenvalue weighted by molar-refractivity contribution is -0.142. The molecule has 0 radical (unpaired) electrons. The van der Waals surface area contributed by atoms with Gasteiger partial charge in [-0.3, -0.25) is 33.6 Å². The van der Waals surface area contributed by atoms with E-state index in [9.17, 15) is 43.5 Å². The van der Waals surface area contributed by atoms with E-state index in [0.29, 0.717) is 6.42 Å². The summed E-state index contributed by atoms with van der Waals surface area (Å²) in [5.74, 6) is -7.13. The highest BCUT2D eigenvalue weighted by Crippen LogP contribution is 2.44. The lowest BCUT2D eigenvalue weighted by Crippen LogP contribution is -2.61. The third-order valence-corrected chi connectivity index (χ3v) is 10.5. The van der Waals surface area contributed by atoms with E-state index in [0.717, 1.165) is 22.3 Å². The number of carboxylic acids is 1. The molecule has 1 aliphatic rings. The van der Waals surface area contributed by atoms with Gasteiger partial charge in [0.2, 0.25) is 35.4 Å². The molecule has 6 atom stereocenters. The van der Waals surface area contributed by atoms with Gasteiger partial charge in [-0.05, 0) is 52.8 Å². The first-order chi connectivity index (χ1) is 28.3. The lowest BCUT2D eigenvalue weighted by Gasteiger charge is -2.30. The van der Waals surface area contributed by atoms with Crippen LogP contribution in [0.1, 0.15) is 85.8 Å². The fourth-order valence-corrected chi connectivity index (χ4v) is 6.67. The molecule has 0 aromatic heterocycles. The van der Waals surface area contributed by atoms with Crippen molar-refractivity contribution in [1.82, 2.24) is 37.2 Å². The highest BCUT2D eigenvalue weighted by molar-refractivity contribution is 5.96. The van der Waals surface area contributed by atoms with Crippen LogP contribution in [0.3, 0.4) is 0 Å². The van der Waals surface area contributed by atoms with Gasteiger partial charge in [0.25, 0.3) is 0 Å². The number of rotatable bonds is 21. The molecule has 60 heavy (non-hydrogen) atoms. The molecule has 0 fully saturated rings. The van der Waals surface area contributed by atoms with Crippen LogP contribution in [0.4, 0.5) is 4.79 Å². The van der Waals surface area contributed by atoms with Crippen LogP contribution in [0, 0.1) is 23.7 Å². The smallest absolute Gasteiger partial charge is 0.407 e. The molecular formula is C43H61N7O10. The number of amides is 7. The molecule has 0 heterocycles. The van der Waals surface area contributed by atoms with Crippen molar-refractivity contribution in [1.29, 1.82) is 0 Å². The summed E-state index contributed by atoms with van der Waals surface area (Å²) in [7, 11) is 0. The topological polar surface area (TPSA) is 250 Å². The standard InChI is InChI=1S/C43H61N7O10/c1-10-25(8)37(41(56)46-26(9)42(57)58)49-40(55)36(24(6)7)48-39(54)35(23(4)5)47-33(52)20-44-32(51)19-45-38(53)34(22(2)3)50-43(59)60-21-31-29-17-13-11-15-27(29)28-16-12-14-18-30(28)31/h11-18,22-26,31,34-37H,10,19-21H2,1-9H3,(H,44,51)(H,45,53)(H,46,56)(H,47,52)(H,48,54)(H,49,55)(H,50,59)(H,57,58)/t25-,26-,34-,35-,36-,37-/m0/s1. The minimum atomic E-state index is -1.24. The number of fused-ring (bicyclic) bond motifs is 3. The van der Waals surface area contributed by atoms with Gasteiger partial charge in [-0.2, -0.15) is 0 Å². The zero-order valence-electron chi connectivity index (χ0n) is 35.8. The average molecular weight is 836 g/mol. The molecule has 0 spiro atoms. The second kappa shape index (κ2) is 22.4. The largest absolute Gasteiger partial charge is 0.480 e. The SMILES string of the molecule is CC[C@H](C)[C@H](NC(=O)[C@@H](NC(=O)[C@@H](NC(=O)CNC(=O)CNC(=O)[C@@H](NC(=O)OCC1c2ccccc2-c2ccccc21)C(C)C)C(C)C)C(C)C)C(=O)N[C@@H](C)C(=O)O. The molecule has 3 rings (SSSR count). The fourth-order valence-electron chi connectivity index (χ4n) is 6.67. The van der Waals surface area contributed by atoms with Crippen LogP contribution in [0.15, 0.2) is 48.5 Å². The molecule has 0 bridgehead atoms. The summed E-state index contributed by atoms with van der Waals surface area (Å²) in [6.07, 6.45) is -0.302.